The van der Waals surface area contributed by atoms with Crippen LogP contribution < -0.4 is 5.73 Å². The van der Waals surface area contributed by atoms with Crippen LogP contribution in [0.5, 0.6) is 0 Å². The number of nitrogens with zero attached hydrogens (tertiary/aromatic N) is 3. The van der Waals surface area contributed by atoms with Crippen molar-refractivity contribution in [3.63, 3.8) is 0 Å². The Morgan fingerprint density at radius 1 is 1.18 bits per heavy atom. The van der Waals surface area contributed by atoms with Crippen LogP contribution in [-0.2, 0) is 5.41 Å². The van der Waals surface area contributed by atoms with Crippen molar-refractivity contribution < 1.29 is 0 Å². The number of hydrogen-bond donors (Lipinski definition) is 1. The number of hydrogen-bond acceptors (Lipinski definition) is 4. The Morgan fingerprint density at radius 3 is 2.53 bits per heavy atom. The molecule has 0 amide bonds. The van der Waals surface area contributed by atoms with E-state index in [0.717, 1.165) is 17.0 Å². The fraction of sp³-hybridized carbons (Fsp3) is 0.308. The number of anilines is 1. The molecule has 0 saturated heterocycles. The molecule has 2 heterocycles. The first kappa shape index (κ1) is 11.5. The maximum atomic E-state index is 5.75. The first-order chi connectivity index (χ1) is 7.97. The van der Waals surface area contributed by atoms with Gasteiger partial charge >= 0.3 is 0 Å². The summed E-state index contributed by atoms with van der Waals surface area (Å²) in [6.07, 6.45) is 3.51. The van der Waals surface area contributed by atoms with E-state index in [2.05, 4.69) is 35.7 Å². The average Bonchev–Trinajstić information content (AvgIpc) is 2.28. The van der Waals surface area contributed by atoms with Crippen molar-refractivity contribution in [1.29, 1.82) is 0 Å². The van der Waals surface area contributed by atoms with E-state index in [0.29, 0.717) is 5.95 Å². The molecule has 2 aromatic heterocycles. The van der Waals surface area contributed by atoms with Gasteiger partial charge in [0.1, 0.15) is 0 Å². The molecule has 0 radical (unpaired) electrons. The van der Waals surface area contributed by atoms with Gasteiger partial charge in [0.15, 0.2) is 0 Å². The van der Waals surface area contributed by atoms with Crippen LogP contribution in [0.4, 0.5) is 5.95 Å². The molecule has 2 rings (SSSR count). The van der Waals surface area contributed by atoms with Crippen LogP contribution >= 0.6 is 0 Å². The maximum absolute atomic E-state index is 5.75. The van der Waals surface area contributed by atoms with Gasteiger partial charge in [-0.1, -0.05) is 20.8 Å². The Bertz CT molecular complexity index is 515. The zero-order valence-electron chi connectivity index (χ0n) is 10.3. The first-order valence-electron chi connectivity index (χ1n) is 5.52. The summed E-state index contributed by atoms with van der Waals surface area (Å²) in [5.41, 5.74) is 8.40. The lowest BCUT2D eigenvalue weighted by atomic mass is 9.91. The average molecular weight is 228 g/mol. The van der Waals surface area contributed by atoms with Crippen molar-refractivity contribution in [2.24, 2.45) is 0 Å². The second-order valence-electron chi connectivity index (χ2n) is 4.99. The van der Waals surface area contributed by atoms with Gasteiger partial charge in [0.25, 0.3) is 0 Å². The van der Waals surface area contributed by atoms with E-state index in [9.17, 15) is 0 Å². The lowest BCUT2D eigenvalue weighted by Crippen LogP contribution is -2.15. The molecule has 2 aromatic rings. The number of rotatable bonds is 1. The highest BCUT2D eigenvalue weighted by Crippen LogP contribution is 2.25. The molecular weight excluding hydrogens is 212 g/mol. The number of aromatic nitrogens is 3. The van der Waals surface area contributed by atoms with Gasteiger partial charge in [0.2, 0.25) is 5.95 Å². The van der Waals surface area contributed by atoms with Crippen LogP contribution in [0.15, 0.2) is 30.6 Å². The summed E-state index contributed by atoms with van der Waals surface area (Å²) in [5, 5.41) is 0. The van der Waals surface area contributed by atoms with Crippen LogP contribution in [0, 0.1) is 0 Å². The fourth-order valence-corrected chi connectivity index (χ4v) is 1.51. The van der Waals surface area contributed by atoms with Gasteiger partial charge < -0.3 is 5.73 Å². The highest BCUT2D eigenvalue weighted by molar-refractivity contribution is 5.59. The van der Waals surface area contributed by atoms with E-state index in [-0.39, 0.29) is 5.41 Å². The lowest BCUT2D eigenvalue weighted by Gasteiger charge is -2.18. The SMILES string of the molecule is CC(C)(C)c1cc(-c2cccnc2)nc(N)n1. The molecule has 0 spiro atoms. The van der Waals surface area contributed by atoms with Crippen LogP contribution in [-0.4, -0.2) is 15.0 Å². The highest BCUT2D eigenvalue weighted by atomic mass is 15.0. The molecule has 4 heteroatoms. The summed E-state index contributed by atoms with van der Waals surface area (Å²) >= 11 is 0. The smallest absolute Gasteiger partial charge is 0.220 e. The monoisotopic (exact) mass is 228 g/mol. The number of nitrogen functional groups attached to an aromatic ring is 1. The molecule has 0 saturated carbocycles. The minimum atomic E-state index is -0.0476. The Labute approximate surface area is 101 Å². The first-order valence-corrected chi connectivity index (χ1v) is 5.52. The van der Waals surface area contributed by atoms with Crippen molar-refractivity contribution in [2.75, 3.05) is 5.73 Å². The highest BCUT2D eigenvalue weighted by Gasteiger charge is 2.17. The van der Waals surface area contributed by atoms with Gasteiger partial charge in [-0.15, -0.1) is 0 Å². The predicted molar refractivity (Wildman–Crippen MR) is 68.4 cm³/mol. The Kier molecular flexibility index (Phi) is 2.79. The van der Waals surface area contributed by atoms with Gasteiger partial charge in [-0.2, -0.15) is 0 Å². The van der Waals surface area contributed by atoms with E-state index in [4.69, 9.17) is 5.73 Å². The van der Waals surface area contributed by atoms with Crippen LogP contribution in [0.25, 0.3) is 11.3 Å². The molecule has 0 aliphatic rings. The van der Waals surface area contributed by atoms with E-state index in [1.165, 1.54) is 0 Å². The minimum absolute atomic E-state index is 0.0476. The number of nitrogens with two attached hydrogens (primary N) is 1. The van der Waals surface area contributed by atoms with Crippen molar-refractivity contribution in [3.05, 3.63) is 36.3 Å². The predicted octanol–water partition coefficient (Wildman–Crippen LogP) is 2.42. The molecule has 0 aromatic carbocycles. The summed E-state index contributed by atoms with van der Waals surface area (Å²) in [6.45, 7) is 6.30. The molecule has 0 fully saturated rings. The van der Waals surface area contributed by atoms with Crippen molar-refractivity contribution in [1.82, 2.24) is 15.0 Å². The van der Waals surface area contributed by atoms with Gasteiger partial charge in [-0.25, -0.2) is 9.97 Å². The van der Waals surface area contributed by atoms with Gasteiger partial charge in [0, 0.05) is 23.4 Å². The third kappa shape index (κ3) is 2.58. The molecule has 0 aliphatic heterocycles. The third-order valence-corrected chi connectivity index (χ3v) is 2.47. The Balaban J connectivity index is 2.54. The van der Waals surface area contributed by atoms with Crippen molar-refractivity contribution in [2.45, 2.75) is 26.2 Å². The largest absolute Gasteiger partial charge is 0.368 e. The Hall–Kier alpha value is -1.97. The molecule has 4 nitrogen and oxygen atoms in total. The third-order valence-electron chi connectivity index (χ3n) is 2.47. The van der Waals surface area contributed by atoms with E-state index in [1.54, 1.807) is 12.4 Å². The summed E-state index contributed by atoms with van der Waals surface area (Å²) in [6, 6.07) is 5.80. The molecule has 2 N–H and O–H groups in total. The maximum Gasteiger partial charge on any atom is 0.220 e. The molecule has 0 atom stereocenters. The topological polar surface area (TPSA) is 64.7 Å². The van der Waals surface area contributed by atoms with Crippen molar-refractivity contribution >= 4 is 5.95 Å². The zero-order chi connectivity index (χ0) is 12.5. The second kappa shape index (κ2) is 4.13. The van der Waals surface area contributed by atoms with E-state index in [1.807, 2.05) is 18.2 Å². The van der Waals surface area contributed by atoms with Gasteiger partial charge in [0.05, 0.1) is 11.4 Å². The molecule has 88 valence electrons. The molecular formula is C13H16N4. The number of pyridine rings is 1. The van der Waals surface area contributed by atoms with Crippen LogP contribution in [0.2, 0.25) is 0 Å². The molecule has 0 unspecified atom stereocenters. The molecule has 17 heavy (non-hydrogen) atoms. The summed E-state index contributed by atoms with van der Waals surface area (Å²) in [7, 11) is 0. The standard InChI is InChI=1S/C13H16N4/c1-13(2,3)11-7-10(16-12(14)17-11)9-5-4-6-15-8-9/h4-8H,1-3H3,(H2,14,16,17). The summed E-state index contributed by atoms with van der Waals surface area (Å²) in [5.74, 6) is 0.302. The van der Waals surface area contributed by atoms with Gasteiger partial charge in [-0.05, 0) is 18.2 Å². The summed E-state index contributed by atoms with van der Waals surface area (Å²) < 4.78 is 0. The molecule has 0 bridgehead atoms. The van der Waals surface area contributed by atoms with E-state index < -0.39 is 0 Å². The lowest BCUT2D eigenvalue weighted by molar-refractivity contribution is 0.568. The van der Waals surface area contributed by atoms with Gasteiger partial charge in [-0.3, -0.25) is 4.98 Å². The normalized spacial score (nSPS) is 11.5. The fourth-order valence-electron chi connectivity index (χ4n) is 1.51. The van der Waals surface area contributed by atoms with Crippen LogP contribution in [0.3, 0.4) is 0 Å². The van der Waals surface area contributed by atoms with Crippen LogP contribution in [0.1, 0.15) is 26.5 Å². The summed E-state index contributed by atoms with van der Waals surface area (Å²) in [4.78, 5) is 12.6. The molecule has 0 aliphatic carbocycles. The second-order valence-corrected chi connectivity index (χ2v) is 4.99. The Morgan fingerprint density at radius 2 is 1.94 bits per heavy atom. The minimum Gasteiger partial charge on any atom is -0.368 e. The van der Waals surface area contributed by atoms with Crippen molar-refractivity contribution in [3.8, 4) is 11.3 Å². The zero-order valence-corrected chi connectivity index (χ0v) is 10.3. The quantitative estimate of drug-likeness (QED) is 0.814. The van der Waals surface area contributed by atoms with E-state index >= 15 is 0 Å².